The maximum atomic E-state index is 13.1. The van der Waals surface area contributed by atoms with E-state index in [1.54, 1.807) is 6.20 Å². The van der Waals surface area contributed by atoms with E-state index < -0.39 is 0 Å². The van der Waals surface area contributed by atoms with E-state index in [2.05, 4.69) is 20.9 Å². The minimum absolute atomic E-state index is 0.0752. The summed E-state index contributed by atoms with van der Waals surface area (Å²) in [5.74, 6) is -0.430. The summed E-state index contributed by atoms with van der Waals surface area (Å²) in [7, 11) is 0. The maximum absolute atomic E-state index is 13.1. The molecule has 4 heteroatoms. The topological polar surface area (TPSA) is 32.9 Å². The second kappa shape index (κ2) is 3.20. The first-order valence-electron chi connectivity index (χ1n) is 4.06. The monoisotopic (exact) mass is 255 g/mol. The SMILES string of the molecule is CC(=O)c1c[nH]c2c(Br)cc(F)cc12. The largest absolute Gasteiger partial charge is 0.360 e. The lowest BCUT2D eigenvalue weighted by Crippen LogP contribution is -1.89. The molecule has 0 bridgehead atoms. The molecule has 0 radical (unpaired) electrons. The van der Waals surface area contributed by atoms with Crippen molar-refractivity contribution >= 4 is 32.6 Å². The van der Waals surface area contributed by atoms with Crippen LogP contribution in [0.5, 0.6) is 0 Å². The lowest BCUT2D eigenvalue weighted by atomic mass is 10.1. The second-order valence-electron chi connectivity index (χ2n) is 3.07. The van der Waals surface area contributed by atoms with Gasteiger partial charge in [0.05, 0.1) is 5.52 Å². The number of carbonyl (C=O) groups is 1. The molecule has 0 aliphatic carbocycles. The molecule has 72 valence electrons. The fourth-order valence-corrected chi connectivity index (χ4v) is 1.99. The number of nitrogens with one attached hydrogen (secondary N) is 1. The van der Waals surface area contributed by atoms with Gasteiger partial charge in [0.2, 0.25) is 0 Å². The summed E-state index contributed by atoms with van der Waals surface area (Å²) >= 11 is 3.23. The lowest BCUT2D eigenvalue weighted by Gasteiger charge is -1.96. The Morgan fingerprint density at radius 1 is 1.50 bits per heavy atom. The predicted octanol–water partition coefficient (Wildman–Crippen LogP) is 3.27. The number of benzene rings is 1. The quantitative estimate of drug-likeness (QED) is 0.780. The maximum Gasteiger partial charge on any atom is 0.161 e. The van der Waals surface area contributed by atoms with Crippen LogP contribution in [0.4, 0.5) is 4.39 Å². The van der Waals surface area contributed by atoms with E-state index in [0.29, 0.717) is 15.4 Å². The number of aromatic amines is 1. The van der Waals surface area contributed by atoms with Crippen molar-refractivity contribution in [2.24, 2.45) is 0 Å². The molecule has 2 aromatic rings. The van der Waals surface area contributed by atoms with Crippen LogP contribution >= 0.6 is 15.9 Å². The average Bonchev–Trinajstić information content (AvgIpc) is 2.47. The molecule has 14 heavy (non-hydrogen) atoms. The molecule has 0 aliphatic rings. The molecule has 0 aliphatic heterocycles. The van der Waals surface area contributed by atoms with Crippen LogP contribution in [0.1, 0.15) is 17.3 Å². The molecular weight excluding hydrogens is 249 g/mol. The van der Waals surface area contributed by atoms with Gasteiger partial charge in [-0.1, -0.05) is 0 Å². The number of halogens is 2. The lowest BCUT2D eigenvalue weighted by molar-refractivity contribution is 0.101. The molecular formula is C10H7BrFNO. The van der Waals surface area contributed by atoms with Crippen LogP contribution in [0, 0.1) is 5.82 Å². The molecule has 0 saturated heterocycles. The van der Waals surface area contributed by atoms with Crippen LogP contribution in [-0.4, -0.2) is 10.8 Å². The zero-order valence-electron chi connectivity index (χ0n) is 7.40. The van der Waals surface area contributed by atoms with E-state index in [1.807, 2.05) is 0 Å². The highest BCUT2D eigenvalue weighted by atomic mass is 79.9. The standard InChI is InChI=1S/C10H7BrFNO/c1-5(14)8-4-13-10-7(8)2-6(12)3-9(10)11/h2-4,13H,1H3. The minimum atomic E-state index is -0.355. The summed E-state index contributed by atoms with van der Waals surface area (Å²) in [4.78, 5) is 14.1. The van der Waals surface area contributed by atoms with Crippen molar-refractivity contribution in [1.29, 1.82) is 0 Å². The van der Waals surface area contributed by atoms with E-state index in [0.717, 1.165) is 5.52 Å². The predicted molar refractivity (Wildman–Crippen MR) is 56.0 cm³/mol. The van der Waals surface area contributed by atoms with Crippen LogP contribution in [0.3, 0.4) is 0 Å². The molecule has 0 spiro atoms. The van der Waals surface area contributed by atoms with Gasteiger partial charge in [-0.15, -0.1) is 0 Å². The third kappa shape index (κ3) is 1.35. The summed E-state index contributed by atoms with van der Waals surface area (Å²) < 4.78 is 13.7. The number of rotatable bonds is 1. The highest BCUT2D eigenvalue weighted by molar-refractivity contribution is 9.10. The second-order valence-corrected chi connectivity index (χ2v) is 3.92. The minimum Gasteiger partial charge on any atom is -0.360 e. The van der Waals surface area contributed by atoms with E-state index in [4.69, 9.17) is 0 Å². The van der Waals surface area contributed by atoms with Crippen LogP contribution in [0.25, 0.3) is 10.9 Å². The Bertz CT molecular complexity index is 518. The molecule has 1 heterocycles. The molecule has 2 nitrogen and oxygen atoms in total. The van der Waals surface area contributed by atoms with Crippen molar-refractivity contribution in [3.8, 4) is 0 Å². The Morgan fingerprint density at radius 2 is 2.21 bits per heavy atom. The van der Waals surface area contributed by atoms with Crippen LogP contribution < -0.4 is 0 Å². The molecule has 0 fully saturated rings. The number of aromatic nitrogens is 1. The summed E-state index contributed by atoms with van der Waals surface area (Å²) in [6.07, 6.45) is 1.59. The number of H-pyrrole nitrogens is 1. The van der Waals surface area contributed by atoms with Gasteiger partial charge in [0.1, 0.15) is 5.82 Å². The molecule has 1 aromatic heterocycles. The fourth-order valence-electron chi connectivity index (χ4n) is 1.45. The van der Waals surface area contributed by atoms with Gasteiger partial charge in [0.25, 0.3) is 0 Å². The molecule has 0 atom stereocenters. The highest BCUT2D eigenvalue weighted by Gasteiger charge is 2.11. The molecule has 0 unspecified atom stereocenters. The first-order chi connectivity index (χ1) is 6.59. The van der Waals surface area contributed by atoms with Crippen molar-refractivity contribution in [1.82, 2.24) is 4.98 Å². The molecule has 2 rings (SSSR count). The molecule has 0 saturated carbocycles. The zero-order valence-corrected chi connectivity index (χ0v) is 8.98. The number of fused-ring (bicyclic) bond motifs is 1. The first kappa shape index (κ1) is 9.40. The van der Waals surface area contributed by atoms with Crippen molar-refractivity contribution in [3.05, 3.63) is 34.2 Å². The smallest absolute Gasteiger partial charge is 0.161 e. The van der Waals surface area contributed by atoms with Crippen LogP contribution in [0.15, 0.2) is 22.8 Å². The normalized spacial score (nSPS) is 10.8. The van der Waals surface area contributed by atoms with E-state index in [9.17, 15) is 9.18 Å². The van der Waals surface area contributed by atoms with Gasteiger partial charge in [-0.2, -0.15) is 0 Å². The zero-order chi connectivity index (χ0) is 10.3. The number of hydrogen-bond donors (Lipinski definition) is 1. The summed E-state index contributed by atoms with van der Waals surface area (Å²) in [5.41, 5.74) is 1.26. The van der Waals surface area contributed by atoms with Gasteiger partial charge >= 0.3 is 0 Å². The van der Waals surface area contributed by atoms with Gasteiger partial charge in [-0.25, -0.2) is 4.39 Å². The van der Waals surface area contributed by atoms with Gasteiger partial charge in [0.15, 0.2) is 5.78 Å². The van der Waals surface area contributed by atoms with Gasteiger partial charge < -0.3 is 4.98 Å². The van der Waals surface area contributed by atoms with Gasteiger partial charge in [-0.05, 0) is 35.0 Å². The number of carbonyl (C=O) groups excluding carboxylic acids is 1. The fraction of sp³-hybridized carbons (Fsp3) is 0.100. The molecule has 1 N–H and O–H groups in total. The Morgan fingerprint density at radius 3 is 2.86 bits per heavy atom. The Balaban J connectivity index is 2.85. The average molecular weight is 256 g/mol. The number of hydrogen-bond acceptors (Lipinski definition) is 1. The Kier molecular flexibility index (Phi) is 2.15. The van der Waals surface area contributed by atoms with E-state index in [1.165, 1.54) is 19.1 Å². The van der Waals surface area contributed by atoms with E-state index in [-0.39, 0.29) is 11.6 Å². The van der Waals surface area contributed by atoms with E-state index >= 15 is 0 Å². The van der Waals surface area contributed by atoms with Crippen molar-refractivity contribution in [2.45, 2.75) is 6.92 Å². The summed E-state index contributed by atoms with van der Waals surface area (Å²) in [6.45, 7) is 1.46. The number of ketones is 1. The Hall–Kier alpha value is -1.16. The van der Waals surface area contributed by atoms with Crippen LogP contribution in [-0.2, 0) is 0 Å². The van der Waals surface area contributed by atoms with Gasteiger partial charge in [0, 0.05) is 21.6 Å². The Labute approximate surface area is 88.2 Å². The summed E-state index contributed by atoms with van der Waals surface area (Å²) in [6, 6.07) is 2.72. The molecule has 0 amide bonds. The van der Waals surface area contributed by atoms with Crippen molar-refractivity contribution in [3.63, 3.8) is 0 Å². The highest BCUT2D eigenvalue weighted by Crippen LogP contribution is 2.27. The number of Topliss-reactive ketones (excluding diaryl/α,β-unsaturated/α-hetero) is 1. The summed E-state index contributed by atoms with van der Waals surface area (Å²) in [5, 5.41) is 0.615. The van der Waals surface area contributed by atoms with Crippen LogP contribution in [0.2, 0.25) is 0 Å². The van der Waals surface area contributed by atoms with Crippen molar-refractivity contribution < 1.29 is 9.18 Å². The van der Waals surface area contributed by atoms with Gasteiger partial charge in [-0.3, -0.25) is 4.79 Å². The third-order valence-electron chi connectivity index (χ3n) is 2.09. The first-order valence-corrected chi connectivity index (χ1v) is 4.86. The van der Waals surface area contributed by atoms with Crippen molar-refractivity contribution in [2.75, 3.05) is 0 Å². The molecule has 1 aromatic carbocycles. The third-order valence-corrected chi connectivity index (χ3v) is 2.71.